The van der Waals surface area contributed by atoms with Gasteiger partial charge >= 0.3 is 24.0 Å². The molecule has 1 amide bonds. The molecule has 0 radical (unpaired) electrons. The van der Waals surface area contributed by atoms with E-state index in [1.165, 1.54) is 18.7 Å². The number of hydrogen-bond acceptors (Lipinski definition) is 25. The Labute approximate surface area is 730 Å². The molecule has 123 heavy (non-hydrogen) atoms. The van der Waals surface area contributed by atoms with Crippen LogP contribution in [0.5, 0.6) is 18.0 Å². The Hall–Kier alpha value is -10.9. The van der Waals surface area contributed by atoms with Crippen LogP contribution in [-0.4, -0.2) is 228 Å². The van der Waals surface area contributed by atoms with Crippen molar-refractivity contribution in [3.05, 3.63) is 170 Å². The molecule has 6 atom stereocenters. The maximum Gasteiger partial charge on any atom is 0.330 e. The van der Waals surface area contributed by atoms with Crippen LogP contribution in [0.15, 0.2) is 115 Å². The number of fused-ring (bicyclic) bond motifs is 8. The molecule has 9 aliphatic rings. The molecule has 19 rings (SSSR count). The fraction of sp³-hybridized carbons (Fsp3) is 0.452. The van der Waals surface area contributed by atoms with Crippen molar-refractivity contribution in [2.75, 3.05) is 158 Å². The van der Waals surface area contributed by atoms with Gasteiger partial charge in [0.25, 0.3) is 0 Å². The molecule has 0 spiro atoms. The minimum absolute atomic E-state index is 0.00802. The standard InChI is InChI=1S/C93H100Cl3FN20O6/c1-108-38-10-15-60(108)52-121-89-102-72-50-115(42-31-65(72)86(105-89)109(2)44-37-100-78(118)26-27-79(119)120-5)77-21-9-17-64-62(23-25-71(96)82(64)77)75-29-36-93(34-12-40-117(75)93)54-123-91-104-85-68(87(106-91)110(3)46-57-47-113(48-57)56-99)45-101-84(83(85)97)67-18-8-16-63-61(22-24-70(95)81(63)67)74-28-35-92(33-11-39-116(74)92)53-122-90-103-73-51-114(76-20-7-14-58-13-6-19-69(94)80(58)76)43-32-66(73)88(107-90)111(4)59-30-41-112(49-59)55-98/h6-9,13-14,16-27,45,57,59-60,74-75H,10-12,15,28-44,46-54H2,1-5H3,(H,100,118)/b27-26+/t59-,60+,74?,75?,92?,93?/m1/s1. The Bertz CT molecular complexity index is 5930. The van der Waals surface area contributed by atoms with Gasteiger partial charge in [0.1, 0.15) is 48.5 Å². The predicted octanol–water partition coefficient (Wildman–Crippen LogP) is 14.0. The van der Waals surface area contributed by atoms with Crippen LogP contribution in [0.25, 0.3) is 54.5 Å². The molecule has 4 unspecified atom stereocenters. The van der Waals surface area contributed by atoms with Gasteiger partial charge < -0.3 is 63.5 Å². The molecule has 13 heterocycles. The van der Waals surface area contributed by atoms with Gasteiger partial charge in [0.15, 0.2) is 18.2 Å². The minimum Gasteiger partial charge on any atom is -0.466 e. The number of hydrogen-bond donors (Lipinski definition) is 1. The Morgan fingerprint density at radius 2 is 1.21 bits per heavy atom. The Balaban J connectivity index is 0.587. The van der Waals surface area contributed by atoms with Gasteiger partial charge in [-0.2, -0.15) is 40.4 Å². The third-order valence-electron chi connectivity index (χ3n) is 27.9. The fourth-order valence-electron chi connectivity index (χ4n) is 21.5. The quantitative estimate of drug-likeness (QED) is 0.0317. The van der Waals surface area contributed by atoms with Crippen LogP contribution in [0.2, 0.25) is 15.1 Å². The smallest absolute Gasteiger partial charge is 0.330 e. The van der Waals surface area contributed by atoms with Crippen molar-refractivity contribution >= 4 is 119 Å². The first kappa shape index (κ1) is 81.7. The van der Waals surface area contributed by atoms with Gasteiger partial charge in [-0.1, -0.05) is 102 Å². The van der Waals surface area contributed by atoms with Gasteiger partial charge in [-0.3, -0.25) is 19.6 Å². The normalized spacial score (nSPS) is 22.1. The van der Waals surface area contributed by atoms with Crippen LogP contribution in [0, 0.1) is 34.6 Å². The van der Waals surface area contributed by atoms with Crippen molar-refractivity contribution in [2.24, 2.45) is 5.92 Å². The molecule has 4 aromatic heterocycles. The van der Waals surface area contributed by atoms with E-state index >= 15 is 4.39 Å². The number of aromatic nitrogens is 7. The van der Waals surface area contributed by atoms with Crippen LogP contribution < -0.4 is 44.0 Å². The molecule has 7 fully saturated rings. The molecule has 9 aliphatic heterocycles. The topological polar surface area (TPSA) is 253 Å². The number of anilines is 5. The van der Waals surface area contributed by atoms with Gasteiger partial charge in [0, 0.05) is 172 Å². The number of nitrogens with one attached hydrogen (secondary N) is 1. The highest BCUT2D eigenvalue weighted by Crippen LogP contribution is 2.54. The largest absolute Gasteiger partial charge is 0.466 e. The van der Waals surface area contributed by atoms with E-state index in [2.05, 4.69) is 127 Å². The lowest BCUT2D eigenvalue weighted by Crippen LogP contribution is -2.48. The van der Waals surface area contributed by atoms with E-state index in [0.717, 1.165) is 187 Å². The molecule has 0 bridgehead atoms. The molecule has 10 aromatic rings. The number of nitriles is 2. The highest BCUT2D eigenvalue weighted by molar-refractivity contribution is 6.38. The summed E-state index contributed by atoms with van der Waals surface area (Å²) in [5.41, 5.74) is 8.25. The van der Waals surface area contributed by atoms with Crippen LogP contribution in [-0.2, 0) is 40.3 Å². The average molecular weight is 1720 g/mol. The summed E-state index contributed by atoms with van der Waals surface area (Å²) in [6, 6.07) is 34.2. The summed E-state index contributed by atoms with van der Waals surface area (Å²) < 4.78 is 43.7. The van der Waals surface area contributed by atoms with Crippen molar-refractivity contribution in [1.29, 1.82) is 10.5 Å². The summed E-state index contributed by atoms with van der Waals surface area (Å²) in [5, 5.41) is 30.5. The molecule has 7 saturated heterocycles. The molecule has 30 heteroatoms. The second-order valence-corrected chi connectivity index (χ2v) is 36.1. The average Bonchev–Trinajstić information content (AvgIpc) is 1.57. The molecule has 26 nitrogen and oxygen atoms in total. The van der Waals surface area contributed by atoms with E-state index < -0.39 is 17.7 Å². The Kier molecular flexibility index (Phi) is 22.6. The van der Waals surface area contributed by atoms with E-state index in [-0.39, 0.29) is 65.0 Å². The number of benzene rings is 6. The molecule has 6 aromatic carbocycles. The Morgan fingerprint density at radius 3 is 1.87 bits per heavy atom. The number of carbonyl (C=O) groups excluding carboxylic acids is 2. The molecule has 0 aliphatic carbocycles. The third kappa shape index (κ3) is 15.4. The summed E-state index contributed by atoms with van der Waals surface area (Å²) >= 11 is 21.8. The number of rotatable bonds is 25. The van der Waals surface area contributed by atoms with Crippen LogP contribution in [0.3, 0.4) is 0 Å². The Morgan fingerprint density at radius 1 is 0.610 bits per heavy atom. The monoisotopic (exact) mass is 1720 g/mol. The fourth-order valence-corrected chi connectivity index (χ4v) is 22.3. The molecule has 1 N–H and O–H groups in total. The molecular formula is C93H100Cl3FN20O6. The zero-order chi connectivity index (χ0) is 84.5. The van der Waals surface area contributed by atoms with Crippen molar-refractivity contribution in [3.8, 4) is 41.7 Å². The zero-order valence-electron chi connectivity index (χ0n) is 70.0. The number of ether oxygens (including phenoxy) is 4. The third-order valence-corrected chi connectivity index (χ3v) is 28.8. The lowest BCUT2D eigenvalue weighted by molar-refractivity contribution is -0.135. The number of esters is 1. The highest BCUT2D eigenvalue weighted by Gasteiger charge is 2.53. The van der Waals surface area contributed by atoms with Gasteiger partial charge in [-0.25, -0.2) is 9.18 Å². The zero-order valence-corrected chi connectivity index (χ0v) is 72.3. The van der Waals surface area contributed by atoms with E-state index in [0.29, 0.717) is 134 Å². The van der Waals surface area contributed by atoms with E-state index in [9.17, 15) is 20.1 Å². The first-order valence-electron chi connectivity index (χ1n) is 43.2. The number of likely N-dealkylation sites (N-methyl/N-ethyl adjacent to an activating group) is 3. The summed E-state index contributed by atoms with van der Waals surface area (Å²) in [4.78, 5) is 82.3. The number of nitrogens with zero attached hydrogens (tertiary/aromatic N) is 19. The highest BCUT2D eigenvalue weighted by atomic mass is 35.5. The lowest BCUT2D eigenvalue weighted by Gasteiger charge is -2.37. The van der Waals surface area contributed by atoms with Crippen molar-refractivity contribution in [3.63, 3.8) is 0 Å². The second-order valence-electron chi connectivity index (χ2n) is 34.9. The molecule has 0 saturated carbocycles. The van der Waals surface area contributed by atoms with E-state index in [1.54, 1.807) is 11.1 Å². The number of pyridine rings is 1. The molecular weight excluding hydrogens is 1620 g/mol. The summed E-state index contributed by atoms with van der Waals surface area (Å²) in [7, 11) is 9.38. The number of amides is 1. The van der Waals surface area contributed by atoms with Crippen molar-refractivity contribution < 1.29 is 32.9 Å². The maximum atomic E-state index is 18.6. The molecule has 636 valence electrons. The van der Waals surface area contributed by atoms with Crippen molar-refractivity contribution in [1.82, 2.24) is 64.7 Å². The number of likely N-dealkylation sites (tertiary alicyclic amines) is 3. The number of carbonyl (C=O) groups is 2. The van der Waals surface area contributed by atoms with E-state index in [1.807, 2.05) is 65.2 Å². The van der Waals surface area contributed by atoms with Crippen LogP contribution >= 0.6 is 34.8 Å². The summed E-state index contributed by atoms with van der Waals surface area (Å²) in [6.07, 6.45) is 20.1. The maximum absolute atomic E-state index is 18.6. The first-order chi connectivity index (χ1) is 59.8. The van der Waals surface area contributed by atoms with E-state index in [4.69, 9.17) is 83.9 Å². The first-order valence-corrected chi connectivity index (χ1v) is 44.3. The number of methoxy groups -OCH3 is 1. The summed E-state index contributed by atoms with van der Waals surface area (Å²) in [5.74, 6) is 0.616. The number of halogens is 4. The lowest BCUT2D eigenvalue weighted by atomic mass is 9.92. The van der Waals surface area contributed by atoms with Crippen LogP contribution in [0.1, 0.15) is 116 Å². The predicted molar refractivity (Wildman–Crippen MR) is 476 cm³/mol. The van der Waals surface area contributed by atoms with Gasteiger partial charge in [0.2, 0.25) is 5.91 Å². The van der Waals surface area contributed by atoms with Crippen molar-refractivity contribution in [2.45, 2.75) is 132 Å². The van der Waals surface area contributed by atoms with Crippen LogP contribution in [0.4, 0.5) is 33.2 Å². The van der Waals surface area contributed by atoms with Gasteiger partial charge in [-0.15, -0.1) is 0 Å². The van der Waals surface area contributed by atoms with Gasteiger partial charge in [0.05, 0.1) is 64.1 Å². The van der Waals surface area contributed by atoms with Gasteiger partial charge in [-0.05, 0) is 168 Å². The SMILES string of the molecule is COC(=O)/C=C/C(=O)NCCN(C)c1nc(OC[C@@H]2CCCN2C)nc2c1CCN(c1cccc3c(C4CCC5(COc6nc(N(C)CC7CN(C#N)C7)c7cnc(-c8cccc9c(C%10CCC%11(COc%12nc%13c(c(N(C)[C@@H]%14CCN(C#N)C%14)n%12)CCN(c%12cccc%14cccc(Cl)c%12%14)C%13)CCCN%10%11)ccc(Cl)c89)c(F)c7n6)CCCN45)ccc(Cl)c13)C2. The second kappa shape index (κ2) is 34.0. The minimum atomic E-state index is -0.615. The summed E-state index contributed by atoms with van der Waals surface area (Å²) in [6.45, 7) is 10.1.